The highest BCUT2D eigenvalue weighted by Crippen LogP contribution is 2.20. The summed E-state index contributed by atoms with van der Waals surface area (Å²) in [4.78, 5) is 4.69. The Morgan fingerprint density at radius 2 is 1.85 bits per heavy atom. The van der Waals surface area contributed by atoms with Gasteiger partial charge in [-0.2, -0.15) is 0 Å². The fourth-order valence-electron chi connectivity index (χ4n) is 2.92. The van der Waals surface area contributed by atoms with Crippen LogP contribution < -0.4 is 5.32 Å². The number of hydrogen-bond acceptors (Lipinski definition) is 2. The third-order valence-electron chi connectivity index (χ3n) is 4.37. The lowest BCUT2D eigenvalue weighted by molar-refractivity contribution is 0.295. The van der Waals surface area contributed by atoms with Gasteiger partial charge >= 0.3 is 0 Å². The van der Waals surface area contributed by atoms with Crippen LogP contribution in [0.15, 0.2) is 61.4 Å². The molecule has 3 aromatic rings. The maximum atomic E-state index is 13.9. The lowest BCUT2D eigenvalue weighted by atomic mass is 10.1. The normalized spacial score (nSPS) is 11.6. The van der Waals surface area contributed by atoms with Gasteiger partial charge < -0.3 is 9.88 Å². The van der Waals surface area contributed by atoms with Gasteiger partial charge in [-0.05, 0) is 62.7 Å². The van der Waals surface area contributed by atoms with Gasteiger partial charge in [0.05, 0.1) is 11.0 Å². The van der Waals surface area contributed by atoms with E-state index in [2.05, 4.69) is 58.7 Å². The Morgan fingerprint density at radius 3 is 2.56 bits per heavy atom. The molecule has 0 aliphatic rings. The zero-order valence-electron chi connectivity index (χ0n) is 16.6. The number of benzene rings is 1. The Hall–Kier alpha value is -2.62. The van der Waals surface area contributed by atoms with Crippen molar-refractivity contribution < 1.29 is 4.39 Å². The van der Waals surface area contributed by atoms with E-state index in [9.17, 15) is 4.39 Å². The van der Waals surface area contributed by atoms with E-state index < -0.39 is 6.17 Å². The van der Waals surface area contributed by atoms with Crippen molar-refractivity contribution in [2.75, 3.05) is 6.54 Å². The van der Waals surface area contributed by atoms with Crippen LogP contribution in [-0.4, -0.2) is 22.3 Å². The minimum atomic E-state index is -0.817. The second-order valence-corrected chi connectivity index (χ2v) is 6.31. The van der Waals surface area contributed by atoms with Gasteiger partial charge in [0, 0.05) is 24.1 Å². The van der Waals surface area contributed by atoms with Crippen molar-refractivity contribution in [3.63, 3.8) is 0 Å². The van der Waals surface area contributed by atoms with Gasteiger partial charge in [-0.3, -0.25) is 4.98 Å². The molecule has 0 fully saturated rings. The third kappa shape index (κ3) is 5.68. The number of aromatic nitrogens is 2. The molecule has 1 unspecified atom stereocenters. The number of nitrogens with one attached hydrogen (secondary N) is 1. The topological polar surface area (TPSA) is 29.9 Å². The van der Waals surface area contributed by atoms with Crippen molar-refractivity contribution in [3.05, 3.63) is 72.7 Å². The smallest absolute Gasteiger partial charge is 0.102 e. The molecular weight excluding hydrogens is 337 g/mol. The van der Waals surface area contributed by atoms with Crippen LogP contribution in [0.25, 0.3) is 16.7 Å². The lowest BCUT2D eigenvalue weighted by Gasteiger charge is -2.09. The summed E-state index contributed by atoms with van der Waals surface area (Å²) in [5.41, 5.74) is 5.31. The zero-order chi connectivity index (χ0) is 19.6. The van der Waals surface area contributed by atoms with E-state index in [1.807, 2.05) is 32.2 Å². The highest BCUT2D eigenvalue weighted by atomic mass is 19.1. The molecule has 0 bridgehead atoms. The molecular formula is C23H30FN3. The molecule has 0 aliphatic carbocycles. The van der Waals surface area contributed by atoms with Crippen molar-refractivity contribution in [1.29, 1.82) is 0 Å². The molecule has 0 amide bonds. The first-order valence-corrected chi connectivity index (χ1v) is 9.70. The van der Waals surface area contributed by atoms with E-state index >= 15 is 0 Å². The second kappa shape index (κ2) is 10.5. The first-order chi connectivity index (χ1) is 13.2. The first-order valence-electron chi connectivity index (χ1n) is 9.70. The summed E-state index contributed by atoms with van der Waals surface area (Å²) in [6.07, 6.45) is 4.46. The van der Waals surface area contributed by atoms with Gasteiger partial charge in [0.15, 0.2) is 0 Å². The van der Waals surface area contributed by atoms with Crippen LogP contribution >= 0.6 is 0 Å². The Bertz CT molecular complexity index is 836. The number of nitrogens with zero attached hydrogens (tertiary/aromatic N) is 2. The number of rotatable bonds is 8. The molecule has 1 atom stereocenters. The van der Waals surface area contributed by atoms with Gasteiger partial charge in [-0.25, -0.2) is 4.39 Å². The summed E-state index contributed by atoms with van der Waals surface area (Å²) in [5, 5.41) is 2.93. The molecule has 4 heteroatoms. The van der Waals surface area contributed by atoms with Crippen LogP contribution in [0.1, 0.15) is 37.9 Å². The van der Waals surface area contributed by atoms with E-state index in [0.717, 1.165) is 22.4 Å². The average Bonchev–Trinajstić information content (AvgIpc) is 3.12. The predicted octanol–water partition coefficient (Wildman–Crippen LogP) is 5.75. The second-order valence-electron chi connectivity index (χ2n) is 6.31. The summed E-state index contributed by atoms with van der Waals surface area (Å²) in [6.45, 7) is 10.3. The molecule has 1 N–H and O–H groups in total. The fourth-order valence-corrected chi connectivity index (χ4v) is 2.92. The molecule has 0 saturated heterocycles. The van der Waals surface area contributed by atoms with Crippen LogP contribution in [0.3, 0.4) is 0 Å². The van der Waals surface area contributed by atoms with Crippen molar-refractivity contribution in [2.45, 2.75) is 46.2 Å². The third-order valence-corrected chi connectivity index (χ3v) is 4.37. The van der Waals surface area contributed by atoms with Gasteiger partial charge in [0.1, 0.15) is 6.17 Å². The predicted molar refractivity (Wildman–Crippen MR) is 113 cm³/mol. The average molecular weight is 368 g/mol. The molecule has 0 spiro atoms. The highest BCUT2D eigenvalue weighted by Gasteiger charge is 2.09. The van der Waals surface area contributed by atoms with E-state index in [0.29, 0.717) is 25.8 Å². The molecule has 3 nitrogen and oxygen atoms in total. The molecule has 144 valence electrons. The minimum Gasteiger partial charge on any atom is -0.391 e. The molecule has 2 heterocycles. The Morgan fingerprint density at radius 1 is 1.11 bits per heavy atom. The fraction of sp³-hybridized carbons (Fsp3) is 0.348. The number of fused-ring (bicyclic) bond motifs is 1. The quantitative estimate of drug-likeness (QED) is 0.513. The summed E-state index contributed by atoms with van der Waals surface area (Å²) in [6, 6.07) is 14.5. The SMILES string of the molecule is C=CNCCC(F)CCc1ccc2c(ccn2-c2ccc(C)cc2)n1.CC. The van der Waals surface area contributed by atoms with Gasteiger partial charge in [-0.1, -0.05) is 38.1 Å². The number of alkyl halides is 1. The summed E-state index contributed by atoms with van der Waals surface area (Å²) in [5.74, 6) is 0. The lowest BCUT2D eigenvalue weighted by Crippen LogP contribution is -2.13. The maximum absolute atomic E-state index is 13.9. The monoisotopic (exact) mass is 367 g/mol. The van der Waals surface area contributed by atoms with Crippen LogP contribution in [0.4, 0.5) is 4.39 Å². The minimum absolute atomic E-state index is 0.496. The van der Waals surface area contributed by atoms with Gasteiger partial charge in [0.2, 0.25) is 0 Å². The Kier molecular flexibility index (Phi) is 8.05. The van der Waals surface area contributed by atoms with Crippen molar-refractivity contribution in [3.8, 4) is 5.69 Å². The van der Waals surface area contributed by atoms with Gasteiger partial charge in [-0.15, -0.1) is 0 Å². The van der Waals surface area contributed by atoms with Crippen LogP contribution in [0.2, 0.25) is 0 Å². The van der Waals surface area contributed by atoms with Gasteiger partial charge in [0.25, 0.3) is 0 Å². The number of hydrogen-bond donors (Lipinski definition) is 1. The molecule has 27 heavy (non-hydrogen) atoms. The Balaban J connectivity index is 0.00000126. The molecule has 0 radical (unpaired) electrons. The molecule has 1 aromatic carbocycles. The van der Waals surface area contributed by atoms with Crippen molar-refractivity contribution in [2.24, 2.45) is 0 Å². The van der Waals surface area contributed by atoms with E-state index in [1.54, 1.807) is 6.20 Å². The molecule has 0 saturated carbocycles. The number of halogens is 1. The van der Waals surface area contributed by atoms with Crippen molar-refractivity contribution >= 4 is 11.0 Å². The molecule has 2 aromatic heterocycles. The van der Waals surface area contributed by atoms with Crippen LogP contribution in [-0.2, 0) is 6.42 Å². The zero-order valence-corrected chi connectivity index (χ0v) is 16.6. The maximum Gasteiger partial charge on any atom is 0.102 e. The summed E-state index contributed by atoms with van der Waals surface area (Å²) >= 11 is 0. The van der Waals surface area contributed by atoms with E-state index in [4.69, 9.17) is 0 Å². The molecule has 0 aliphatic heterocycles. The largest absolute Gasteiger partial charge is 0.391 e. The van der Waals surface area contributed by atoms with Crippen LogP contribution in [0.5, 0.6) is 0 Å². The number of aryl methyl sites for hydroxylation is 2. The first kappa shape index (κ1) is 20.7. The standard InChI is InChI=1S/C21H24FN3.C2H6/c1-3-23-14-12-17(22)6-7-18-8-11-21-20(24-18)13-15-25(21)19-9-4-16(2)5-10-19;1-2/h3-5,8-11,13,15,17,23H,1,6-7,12,14H2,2H3;1-2H3. The summed E-state index contributed by atoms with van der Waals surface area (Å²) < 4.78 is 16.0. The van der Waals surface area contributed by atoms with Crippen LogP contribution in [0, 0.1) is 6.92 Å². The van der Waals surface area contributed by atoms with E-state index in [-0.39, 0.29) is 0 Å². The summed E-state index contributed by atoms with van der Waals surface area (Å²) in [7, 11) is 0. The van der Waals surface area contributed by atoms with E-state index in [1.165, 1.54) is 5.56 Å². The highest BCUT2D eigenvalue weighted by molar-refractivity contribution is 5.78. The molecule has 3 rings (SSSR count). The van der Waals surface area contributed by atoms with Crippen molar-refractivity contribution in [1.82, 2.24) is 14.9 Å². The number of pyridine rings is 1. The Labute approximate surface area is 161 Å².